The first-order valence-corrected chi connectivity index (χ1v) is 13.0. The van der Waals surface area contributed by atoms with Crippen LogP contribution < -0.4 is 0 Å². The maximum absolute atomic E-state index is 12.5. The molecule has 33 heavy (non-hydrogen) atoms. The smallest absolute Gasteiger partial charge is 0.306 e. The summed E-state index contributed by atoms with van der Waals surface area (Å²) in [5.74, 6) is 0.278. The summed E-state index contributed by atoms with van der Waals surface area (Å²) in [5, 5.41) is 0.904. The molecule has 0 aliphatic heterocycles. The average Bonchev–Trinajstić information content (AvgIpc) is 3.37. The van der Waals surface area contributed by atoms with Gasteiger partial charge in [-0.15, -0.1) is 11.3 Å². The molecular formula is C23H26N4O4S2. The predicted octanol–water partition coefficient (Wildman–Crippen LogP) is 3.98. The van der Waals surface area contributed by atoms with Crippen LogP contribution in [0, 0.1) is 0 Å². The van der Waals surface area contributed by atoms with Crippen molar-refractivity contribution in [3.63, 3.8) is 0 Å². The molecule has 4 aromatic rings. The molecule has 174 valence electrons. The van der Waals surface area contributed by atoms with Crippen LogP contribution in [-0.2, 0) is 39.1 Å². The molecule has 0 unspecified atom stereocenters. The van der Waals surface area contributed by atoms with E-state index in [0.29, 0.717) is 24.3 Å². The molecule has 8 nitrogen and oxygen atoms in total. The van der Waals surface area contributed by atoms with Crippen molar-refractivity contribution in [2.24, 2.45) is 0 Å². The van der Waals surface area contributed by atoms with Crippen molar-refractivity contribution in [1.82, 2.24) is 18.8 Å². The van der Waals surface area contributed by atoms with Crippen molar-refractivity contribution in [3.05, 3.63) is 53.3 Å². The highest BCUT2D eigenvalue weighted by atomic mass is 32.2. The number of ether oxygens (including phenoxy) is 1. The van der Waals surface area contributed by atoms with Gasteiger partial charge in [0, 0.05) is 27.1 Å². The topological polar surface area (TPSA) is 94.4 Å². The Bertz CT molecular complexity index is 1370. The lowest BCUT2D eigenvalue weighted by Crippen LogP contribution is -2.22. The Hall–Kier alpha value is -2.82. The molecule has 4 rings (SSSR count). The Labute approximate surface area is 196 Å². The van der Waals surface area contributed by atoms with E-state index in [1.807, 2.05) is 35.8 Å². The third-order valence-electron chi connectivity index (χ3n) is 5.27. The van der Waals surface area contributed by atoms with Crippen LogP contribution in [0.1, 0.15) is 30.6 Å². The molecular weight excluding hydrogens is 460 g/mol. The number of fused-ring (bicyclic) bond motifs is 2. The Morgan fingerprint density at radius 1 is 1.12 bits per heavy atom. The minimum absolute atomic E-state index is 0.0309. The molecule has 0 aliphatic carbocycles. The fourth-order valence-electron chi connectivity index (χ4n) is 3.57. The van der Waals surface area contributed by atoms with Crippen molar-refractivity contribution in [2.45, 2.75) is 44.2 Å². The number of para-hydroxylation sites is 1. The van der Waals surface area contributed by atoms with Gasteiger partial charge in [0.05, 0.1) is 37.6 Å². The van der Waals surface area contributed by atoms with Crippen LogP contribution in [0.2, 0.25) is 0 Å². The van der Waals surface area contributed by atoms with Crippen LogP contribution in [0.5, 0.6) is 0 Å². The third kappa shape index (κ3) is 4.92. The van der Waals surface area contributed by atoms with Gasteiger partial charge in [-0.2, -0.15) is 0 Å². The monoisotopic (exact) mass is 486 g/mol. The van der Waals surface area contributed by atoms with Gasteiger partial charge in [-0.3, -0.25) is 4.79 Å². The van der Waals surface area contributed by atoms with E-state index in [0.717, 1.165) is 27.2 Å². The lowest BCUT2D eigenvalue weighted by Gasteiger charge is -2.11. The van der Waals surface area contributed by atoms with Crippen LogP contribution in [0.15, 0.2) is 47.4 Å². The van der Waals surface area contributed by atoms with Gasteiger partial charge in [0.25, 0.3) is 0 Å². The maximum atomic E-state index is 12.5. The van der Waals surface area contributed by atoms with Gasteiger partial charge < -0.3 is 9.30 Å². The molecule has 0 N–H and O–H groups in total. The zero-order valence-electron chi connectivity index (χ0n) is 18.8. The molecule has 0 amide bonds. The van der Waals surface area contributed by atoms with E-state index in [2.05, 4.69) is 9.97 Å². The van der Waals surface area contributed by atoms with Gasteiger partial charge in [0.2, 0.25) is 10.0 Å². The van der Waals surface area contributed by atoms with Crippen molar-refractivity contribution in [2.75, 3.05) is 14.1 Å². The van der Waals surface area contributed by atoms with Crippen molar-refractivity contribution < 1.29 is 17.9 Å². The molecule has 2 aromatic heterocycles. The number of thiazole rings is 1. The number of hydrogen-bond donors (Lipinski definition) is 0. The zero-order valence-corrected chi connectivity index (χ0v) is 20.4. The highest BCUT2D eigenvalue weighted by Gasteiger charge is 2.20. The Morgan fingerprint density at radius 2 is 1.91 bits per heavy atom. The van der Waals surface area contributed by atoms with E-state index in [9.17, 15) is 13.2 Å². The number of carbonyl (C=O) groups excluding carboxylic acids is 1. The molecule has 0 aliphatic rings. The largest absolute Gasteiger partial charge is 0.457 e. The number of hydrogen-bond acceptors (Lipinski definition) is 7. The number of carbonyl (C=O) groups is 1. The lowest BCUT2D eigenvalue weighted by atomic mass is 10.3. The first kappa shape index (κ1) is 23.3. The summed E-state index contributed by atoms with van der Waals surface area (Å²) in [7, 11) is -0.571. The van der Waals surface area contributed by atoms with E-state index >= 15 is 0 Å². The molecule has 2 heterocycles. The number of sulfonamides is 1. The minimum Gasteiger partial charge on any atom is -0.457 e. The molecule has 0 radical (unpaired) electrons. The second kappa shape index (κ2) is 9.58. The number of aryl methyl sites for hydroxylation is 2. The van der Waals surface area contributed by atoms with Gasteiger partial charge >= 0.3 is 5.97 Å². The molecule has 0 fully saturated rings. The minimum atomic E-state index is -3.56. The van der Waals surface area contributed by atoms with Crippen molar-refractivity contribution in [1.29, 1.82) is 0 Å². The third-order valence-corrected chi connectivity index (χ3v) is 8.18. The summed E-state index contributed by atoms with van der Waals surface area (Å²) >= 11 is 1.58. The van der Waals surface area contributed by atoms with E-state index in [4.69, 9.17) is 4.74 Å². The standard InChI is InChI=1S/C23H26N4O4S2/c1-4-13-27-19-10-9-16(33(29,30)26(2)3)14-18(19)24-21(27)15-31-23(28)12-11-22-25-17-7-5-6-8-20(17)32-22/h5-10,14H,4,11-13,15H2,1-3H3. The van der Waals surface area contributed by atoms with Gasteiger partial charge in [0.1, 0.15) is 12.4 Å². The second-order valence-corrected chi connectivity index (χ2v) is 11.1. The molecule has 2 aromatic carbocycles. The van der Waals surface area contributed by atoms with E-state index in [1.165, 1.54) is 18.4 Å². The van der Waals surface area contributed by atoms with Gasteiger partial charge in [-0.25, -0.2) is 22.7 Å². The van der Waals surface area contributed by atoms with Crippen LogP contribution in [-0.4, -0.2) is 47.3 Å². The number of nitrogens with zero attached hydrogens (tertiary/aromatic N) is 4. The van der Waals surface area contributed by atoms with Gasteiger partial charge in [0.15, 0.2) is 0 Å². The lowest BCUT2D eigenvalue weighted by molar-refractivity contribution is -0.145. The summed E-state index contributed by atoms with van der Waals surface area (Å²) in [5.41, 5.74) is 2.32. The number of imidazole rings is 1. The second-order valence-electron chi connectivity index (χ2n) is 7.85. The number of benzene rings is 2. The zero-order chi connectivity index (χ0) is 23.6. The van der Waals surface area contributed by atoms with Crippen molar-refractivity contribution >= 4 is 48.6 Å². The SMILES string of the molecule is CCCn1c(COC(=O)CCc2nc3ccccc3s2)nc2cc(S(=O)(=O)N(C)C)ccc21. The number of esters is 1. The summed E-state index contributed by atoms with van der Waals surface area (Å²) in [4.78, 5) is 21.7. The fraction of sp³-hybridized carbons (Fsp3) is 0.348. The molecule has 10 heteroatoms. The quantitative estimate of drug-likeness (QED) is 0.332. The normalized spacial score (nSPS) is 12.1. The molecule has 0 spiro atoms. The summed E-state index contributed by atoms with van der Waals surface area (Å²) in [6, 6.07) is 12.8. The number of rotatable bonds is 9. The molecule has 0 saturated carbocycles. The summed E-state index contributed by atoms with van der Waals surface area (Å²) < 4.78 is 34.7. The van der Waals surface area contributed by atoms with Crippen molar-refractivity contribution in [3.8, 4) is 0 Å². The van der Waals surface area contributed by atoms with Crippen LogP contribution in [0.3, 0.4) is 0 Å². The maximum Gasteiger partial charge on any atom is 0.306 e. The molecule has 0 bridgehead atoms. The number of aromatic nitrogens is 3. The van der Waals surface area contributed by atoms with Gasteiger partial charge in [-0.05, 0) is 36.8 Å². The molecule has 0 saturated heterocycles. The Kier molecular flexibility index (Phi) is 6.78. The predicted molar refractivity (Wildman–Crippen MR) is 129 cm³/mol. The molecule has 0 atom stereocenters. The first-order chi connectivity index (χ1) is 15.8. The van der Waals surface area contributed by atoms with Crippen LogP contribution in [0.4, 0.5) is 0 Å². The summed E-state index contributed by atoms with van der Waals surface area (Å²) in [6.07, 6.45) is 1.62. The van der Waals surface area contributed by atoms with Crippen LogP contribution >= 0.6 is 11.3 Å². The highest BCUT2D eigenvalue weighted by molar-refractivity contribution is 7.89. The van der Waals surface area contributed by atoms with E-state index in [1.54, 1.807) is 29.5 Å². The van der Waals surface area contributed by atoms with Crippen LogP contribution in [0.25, 0.3) is 21.3 Å². The Morgan fingerprint density at radius 3 is 2.64 bits per heavy atom. The summed E-state index contributed by atoms with van der Waals surface area (Å²) in [6.45, 7) is 2.77. The highest BCUT2D eigenvalue weighted by Crippen LogP contribution is 2.24. The average molecular weight is 487 g/mol. The Balaban J connectivity index is 1.47. The van der Waals surface area contributed by atoms with E-state index < -0.39 is 10.0 Å². The first-order valence-electron chi connectivity index (χ1n) is 10.7. The van der Waals surface area contributed by atoms with Gasteiger partial charge in [-0.1, -0.05) is 19.1 Å². The fourth-order valence-corrected chi connectivity index (χ4v) is 5.46. The van der Waals surface area contributed by atoms with E-state index in [-0.39, 0.29) is 23.9 Å².